The second kappa shape index (κ2) is 6.16. The predicted octanol–water partition coefficient (Wildman–Crippen LogP) is 0.427. The Balaban J connectivity index is 0.000000451. The van der Waals surface area contributed by atoms with Crippen LogP contribution in [0.15, 0.2) is 6.20 Å². The Bertz CT molecular complexity index is 239. The summed E-state index contributed by atoms with van der Waals surface area (Å²) in [6.45, 7) is 5.31. The number of aromatic nitrogens is 2. The zero-order valence-corrected chi connectivity index (χ0v) is 10.8. The van der Waals surface area contributed by atoms with Crippen LogP contribution in [0.3, 0.4) is 0 Å². The van der Waals surface area contributed by atoms with Gasteiger partial charge in [-0.1, -0.05) is 13.8 Å². The summed E-state index contributed by atoms with van der Waals surface area (Å²) in [5, 5.41) is 3.96. The molecule has 1 aliphatic heterocycles. The zero-order chi connectivity index (χ0) is 8.97. The van der Waals surface area contributed by atoms with Crippen molar-refractivity contribution in [3.8, 4) is 5.88 Å². The van der Waals surface area contributed by atoms with Gasteiger partial charge in [0.15, 0.2) is 0 Å². The van der Waals surface area contributed by atoms with Gasteiger partial charge in [-0.05, 0) is 0 Å². The van der Waals surface area contributed by atoms with Crippen LogP contribution in [0.5, 0.6) is 5.88 Å². The third kappa shape index (κ3) is 3.12. The minimum Gasteiger partial charge on any atom is -0.510 e. The monoisotopic (exact) mass is 352 g/mol. The van der Waals surface area contributed by atoms with Crippen LogP contribution in [0.2, 0.25) is 0 Å². The van der Waals surface area contributed by atoms with Crippen LogP contribution in [0.25, 0.3) is 0 Å². The Morgan fingerprint density at radius 3 is 3.08 bits per heavy atom. The zero-order valence-electron chi connectivity index (χ0n) is 7.86. The van der Waals surface area contributed by atoms with Gasteiger partial charge in [-0.25, -0.2) is 5.10 Å². The molecule has 0 spiro atoms. The molecule has 1 atom stereocenters. The van der Waals surface area contributed by atoms with E-state index in [-0.39, 0.29) is 27.1 Å². The molecule has 13 heavy (non-hydrogen) atoms. The molecule has 1 unspecified atom stereocenters. The average Bonchev–Trinajstić information content (AvgIpc) is 2.54. The van der Waals surface area contributed by atoms with Gasteiger partial charge < -0.3 is 16.5 Å². The molecular formula is C8H14N3OW-. The molecular weight excluding hydrogens is 338 g/mol. The summed E-state index contributed by atoms with van der Waals surface area (Å²) >= 11 is 0. The van der Waals surface area contributed by atoms with Crippen molar-refractivity contribution in [2.24, 2.45) is 5.73 Å². The van der Waals surface area contributed by atoms with Gasteiger partial charge in [0.1, 0.15) is 6.61 Å². The molecule has 0 fully saturated rings. The Morgan fingerprint density at radius 1 is 1.69 bits per heavy atom. The van der Waals surface area contributed by atoms with Crippen LogP contribution in [-0.2, 0) is 27.6 Å². The van der Waals surface area contributed by atoms with Crippen molar-refractivity contribution >= 4 is 0 Å². The van der Waals surface area contributed by atoms with E-state index in [1.165, 1.54) is 0 Å². The number of hydrogen-bond acceptors (Lipinski definition) is 3. The Labute approximate surface area is 92.7 Å². The predicted molar refractivity (Wildman–Crippen MR) is 45.9 cm³/mol. The molecule has 5 heteroatoms. The third-order valence-corrected chi connectivity index (χ3v) is 1.46. The van der Waals surface area contributed by atoms with Crippen molar-refractivity contribution in [3.05, 3.63) is 12.3 Å². The minimum atomic E-state index is 0. The Kier molecular flexibility index (Phi) is 6.00. The van der Waals surface area contributed by atoms with Crippen LogP contribution < -0.4 is 10.5 Å². The van der Waals surface area contributed by atoms with E-state index in [2.05, 4.69) is 11.2 Å². The molecule has 1 aromatic rings. The topological polar surface area (TPSA) is 53.1 Å². The molecule has 1 aromatic heterocycles. The first-order valence-corrected chi connectivity index (χ1v) is 4.18. The van der Waals surface area contributed by atoms with Gasteiger partial charge in [0, 0.05) is 26.9 Å². The molecule has 0 aliphatic carbocycles. The van der Waals surface area contributed by atoms with Crippen LogP contribution in [0, 0.1) is 6.07 Å². The molecule has 0 amide bonds. The van der Waals surface area contributed by atoms with Gasteiger partial charge in [0.25, 0.3) is 0 Å². The second-order valence-electron chi connectivity index (χ2n) is 2.35. The number of ether oxygens (including phenoxy) is 1. The minimum absolute atomic E-state index is 0. The second-order valence-corrected chi connectivity index (χ2v) is 2.35. The van der Waals surface area contributed by atoms with Crippen molar-refractivity contribution in [1.82, 2.24) is 9.78 Å². The maximum atomic E-state index is 5.61. The summed E-state index contributed by atoms with van der Waals surface area (Å²) in [5.74, 6) is 0.696. The summed E-state index contributed by atoms with van der Waals surface area (Å²) in [4.78, 5) is 0. The van der Waals surface area contributed by atoms with E-state index >= 15 is 0 Å². The van der Waals surface area contributed by atoms with Gasteiger partial charge >= 0.3 is 0 Å². The van der Waals surface area contributed by atoms with E-state index in [9.17, 15) is 0 Å². The molecule has 0 bridgehead atoms. The quantitative estimate of drug-likeness (QED) is 0.689. The fourth-order valence-corrected chi connectivity index (χ4v) is 0.988. The third-order valence-electron chi connectivity index (χ3n) is 1.46. The molecule has 2 heterocycles. The van der Waals surface area contributed by atoms with Crippen LogP contribution >= 0.6 is 0 Å². The van der Waals surface area contributed by atoms with E-state index in [1.807, 2.05) is 13.8 Å². The van der Waals surface area contributed by atoms with Crippen molar-refractivity contribution < 1.29 is 25.8 Å². The van der Waals surface area contributed by atoms with Crippen LogP contribution in [0.4, 0.5) is 0 Å². The van der Waals surface area contributed by atoms with Gasteiger partial charge in [-0.15, -0.1) is 6.20 Å². The molecule has 0 saturated heterocycles. The molecule has 2 N–H and O–H groups in total. The molecule has 0 radical (unpaired) electrons. The number of fused-ring (bicyclic) bond motifs is 1. The Hall–Kier alpha value is -0.342. The summed E-state index contributed by atoms with van der Waals surface area (Å²) in [5.41, 5.74) is 5.61. The molecule has 1 aliphatic rings. The molecule has 2 rings (SSSR count). The van der Waals surface area contributed by atoms with Crippen molar-refractivity contribution in [2.45, 2.75) is 26.4 Å². The summed E-state index contributed by atoms with van der Waals surface area (Å²) in [7, 11) is 0. The van der Waals surface area contributed by atoms with Crippen molar-refractivity contribution in [3.63, 3.8) is 0 Å². The van der Waals surface area contributed by atoms with Crippen LogP contribution in [-0.4, -0.2) is 22.4 Å². The molecule has 4 nitrogen and oxygen atoms in total. The fraction of sp³-hybridized carbons (Fsp3) is 0.625. The van der Waals surface area contributed by atoms with Gasteiger partial charge in [0.2, 0.25) is 0 Å². The largest absolute Gasteiger partial charge is 0.510 e. The van der Waals surface area contributed by atoms with E-state index in [1.54, 1.807) is 10.9 Å². The number of hydrogen-bond donors (Lipinski definition) is 1. The standard InChI is InChI=1S/C6H8N3O.C2H6.W/c7-5-3-9-6(10-4-5)1-2-8-9;1-2;/h2,5H,3-4,7H2;1-2H3;/q-1;;. The van der Waals surface area contributed by atoms with Crippen molar-refractivity contribution in [2.75, 3.05) is 6.61 Å². The Morgan fingerprint density at radius 2 is 2.38 bits per heavy atom. The number of nitrogens with two attached hydrogens (primary N) is 1. The first-order chi connectivity index (χ1) is 5.86. The summed E-state index contributed by atoms with van der Waals surface area (Å²) in [6.07, 6.45) is 1.59. The van der Waals surface area contributed by atoms with Gasteiger partial charge in [-0.2, -0.15) is 0 Å². The molecule has 0 aromatic carbocycles. The SMILES string of the molecule is CC.NC1COc2[c-]cnn2C1.[W]. The number of rotatable bonds is 0. The molecule has 0 saturated carbocycles. The van der Waals surface area contributed by atoms with Crippen LogP contribution in [0.1, 0.15) is 13.8 Å². The first-order valence-electron chi connectivity index (χ1n) is 4.18. The van der Waals surface area contributed by atoms with Crippen molar-refractivity contribution in [1.29, 1.82) is 0 Å². The average molecular weight is 352 g/mol. The smallest absolute Gasteiger partial charge is 0.103 e. The van der Waals surface area contributed by atoms with E-state index in [0.717, 1.165) is 6.54 Å². The van der Waals surface area contributed by atoms with Gasteiger partial charge in [-0.3, -0.25) is 4.68 Å². The molecule has 74 valence electrons. The fourth-order valence-electron chi connectivity index (χ4n) is 0.988. The summed E-state index contributed by atoms with van der Waals surface area (Å²) < 4.78 is 6.91. The normalized spacial score (nSPS) is 18.5. The maximum absolute atomic E-state index is 5.61. The number of nitrogens with zero attached hydrogens (tertiary/aromatic N) is 2. The summed E-state index contributed by atoms with van der Waals surface area (Å²) in [6, 6.07) is 2.92. The van der Waals surface area contributed by atoms with E-state index < -0.39 is 0 Å². The van der Waals surface area contributed by atoms with Gasteiger partial charge in [0.05, 0.1) is 12.6 Å². The maximum Gasteiger partial charge on any atom is 0.103 e. The van der Waals surface area contributed by atoms with E-state index in [0.29, 0.717) is 12.5 Å². The van der Waals surface area contributed by atoms with E-state index in [4.69, 9.17) is 10.5 Å². The first kappa shape index (κ1) is 12.7.